The van der Waals surface area contributed by atoms with Crippen molar-refractivity contribution in [2.75, 3.05) is 0 Å². The van der Waals surface area contributed by atoms with Gasteiger partial charge in [-0.25, -0.2) is 4.99 Å². The van der Waals surface area contributed by atoms with Crippen molar-refractivity contribution in [1.82, 2.24) is 4.90 Å². The first kappa shape index (κ1) is 35.3. The number of allylic oxidation sites excluding steroid dienone is 7. The monoisotopic (exact) mass is 745 g/mol. The van der Waals surface area contributed by atoms with Crippen LogP contribution in [0.15, 0.2) is 216 Å². The summed E-state index contributed by atoms with van der Waals surface area (Å²) in [6.45, 7) is 6.71. The van der Waals surface area contributed by atoms with Crippen LogP contribution < -0.4 is 0 Å². The second kappa shape index (κ2) is 15.1. The Bertz CT molecular complexity index is 2870. The second-order valence-corrected chi connectivity index (χ2v) is 15.4. The molecule has 0 radical (unpaired) electrons. The van der Waals surface area contributed by atoms with E-state index in [4.69, 9.17) is 9.98 Å². The van der Waals surface area contributed by atoms with Gasteiger partial charge in [-0.3, -0.25) is 4.99 Å². The number of benzene rings is 7. The van der Waals surface area contributed by atoms with E-state index in [2.05, 4.69) is 200 Å². The number of aryl methyl sites for hydroxylation is 1. The molecule has 2 aliphatic carbocycles. The van der Waals surface area contributed by atoms with E-state index < -0.39 is 0 Å². The highest BCUT2D eigenvalue weighted by molar-refractivity contribution is 6.32. The van der Waals surface area contributed by atoms with E-state index in [9.17, 15) is 0 Å². The molecule has 10 rings (SSSR count). The van der Waals surface area contributed by atoms with Crippen LogP contribution in [0.4, 0.5) is 5.69 Å². The number of amidine groups is 1. The zero-order chi connectivity index (χ0) is 39.0. The molecule has 278 valence electrons. The molecule has 2 atom stereocenters. The van der Waals surface area contributed by atoms with Gasteiger partial charge in [0.15, 0.2) is 0 Å². The maximum atomic E-state index is 5.49. The van der Waals surface area contributed by atoms with Gasteiger partial charge in [0, 0.05) is 22.4 Å². The molecule has 3 nitrogen and oxygen atoms in total. The molecule has 7 aromatic carbocycles. The molecule has 0 spiro atoms. The first-order chi connectivity index (χ1) is 28.6. The van der Waals surface area contributed by atoms with E-state index in [1.165, 1.54) is 32.8 Å². The summed E-state index contributed by atoms with van der Waals surface area (Å²) >= 11 is 0. The van der Waals surface area contributed by atoms with Gasteiger partial charge in [0.2, 0.25) is 0 Å². The highest BCUT2D eigenvalue weighted by Gasteiger charge is 2.37. The fourth-order valence-electron chi connectivity index (χ4n) is 8.72. The van der Waals surface area contributed by atoms with Crippen LogP contribution in [0.3, 0.4) is 0 Å². The SMILES string of the molecule is C=C(C(=Nc1cc(-c2cc(C3=NC4C=CC=CC4N3C3=CC=CCC3)cc(-c3c4ccccc4cc4ccccc34)c2)ccc1C)c1ccccc1)c1ccccc1. The summed E-state index contributed by atoms with van der Waals surface area (Å²) < 4.78 is 0. The van der Waals surface area contributed by atoms with Crippen LogP contribution >= 0.6 is 0 Å². The van der Waals surface area contributed by atoms with Crippen LogP contribution in [0.25, 0.3) is 49.4 Å². The predicted octanol–water partition coefficient (Wildman–Crippen LogP) is 13.6. The zero-order valence-corrected chi connectivity index (χ0v) is 32.6. The van der Waals surface area contributed by atoms with Gasteiger partial charge in [-0.05, 0) is 111 Å². The van der Waals surface area contributed by atoms with Gasteiger partial charge in [-0.15, -0.1) is 0 Å². The number of rotatable bonds is 8. The van der Waals surface area contributed by atoms with Gasteiger partial charge in [-0.1, -0.05) is 164 Å². The third-order valence-electron chi connectivity index (χ3n) is 11.7. The Morgan fingerprint density at radius 2 is 1.29 bits per heavy atom. The van der Waals surface area contributed by atoms with Gasteiger partial charge in [0.1, 0.15) is 5.84 Å². The van der Waals surface area contributed by atoms with Crippen molar-refractivity contribution in [2.24, 2.45) is 9.98 Å². The first-order valence-corrected chi connectivity index (χ1v) is 20.2. The molecule has 7 aromatic rings. The van der Waals surface area contributed by atoms with Gasteiger partial charge in [-0.2, -0.15) is 0 Å². The van der Waals surface area contributed by atoms with Crippen LogP contribution in [-0.4, -0.2) is 28.5 Å². The van der Waals surface area contributed by atoms with Crippen molar-refractivity contribution in [2.45, 2.75) is 31.8 Å². The minimum Gasteiger partial charge on any atom is -0.321 e. The lowest BCUT2D eigenvalue weighted by Gasteiger charge is -2.32. The molecule has 0 saturated carbocycles. The molecule has 0 saturated heterocycles. The molecule has 58 heavy (non-hydrogen) atoms. The van der Waals surface area contributed by atoms with E-state index >= 15 is 0 Å². The summed E-state index contributed by atoms with van der Waals surface area (Å²) in [6.07, 6.45) is 17.6. The minimum absolute atomic E-state index is 0.0479. The Balaban J connectivity index is 1.20. The molecular weight excluding hydrogens is 703 g/mol. The van der Waals surface area contributed by atoms with E-state index in [1.807, 2.05) is 12.1 Å². The van der Waals surface area contributed by atoms with Gasteiger partial charge >= 0.3 is 0 Å². The Morgan fingerprint density at radius 3 is 2.02 bits per heavy atom. The van der Waals surface area contributed by atoms with Crippen molar-refractivity contribution in [3.05, 3.63) is 229 Å². The maximum absolute atomic E-state index is 5.49. The molecule has 2 unspecified atom stereocenters. The standard InChI is InChI=1S/C55H43N3/c1-37-30-31-41(36-51(37)56-54(40-20-8-4-9-21-40)38(2)39-18-6-3-7-19-39)44-33-45(53-48-26-14-12-22-42(48)32-43-23-13-15-27-49(43)53)35-46(34-44)55-57-50-28-16-17-29-52(50)58(55)47-24-10-5-11-25-47/h3-10,12-24,26-36,50,52H,2,11,25H2,1H3. The smallest absolute Gasteiger partial charge is 0.136 e. The quantitative estimate of drug-likeness (QED) is 0.112. The molecule has 1 heterocycles. The number of nitrogens with zero attached hydrogens (tertiary/aromatic N) is 3. The fourth-order valence-corrected chi connectivity index (χ4v) is 8.72. The lowest BCUT2D eigenvalue weighted by atomic mass is 9.89. The van der Waals surface area contributed by atoms with E-state index in [0.717, 1.165) is 74.6 Å². The molecule has 3 aliphatic rings. The third-order valence-corrected chi connectivity index (χ3v) is 11.7. The summed E-state index contributed by atoms with van der Waals surface area (Å²) in [5, 5.41) is 4.91. The molecule has 0 fully saturated rings. The molecule has 0 amide bonds. The average molecular weight is 746 g/mol. The van der Waals surface area contributed by atoms with Crippen LogP contribution in [-0.2, 0) is 0 Å². The van der Waals surface area contributed by atoms with Gasteiger partial charge < -0.3 is 4.90 Å². The zero-order valence-electron chi connectivity index (χ0n) is 32.6. The second-order valence-electron chi connectivity index (χ2n) is 15.4. The Morgan fingerprint density at radius 1 is 0.638 bits per heavy atom. The molecule has 0 bridgehead atoms. The Kier molecular flexibility index (Phi) is 9.20. The minimum atomic E-state index is 0.0479. The lowest BCUT2D eigenvalue weighted by molar-refractivity contribution is 0.428. The van der Waals surface area contributed by atoms with Crippen LogP contribution in [0.1, 0.15) is 35.1 Å². The molecule has 1 aliphatic heterocycles. The predicted molar refractivity (Wildman–Crippen MR) is 246 cm³/mol. The number of hydrogen-bond donors (Lipinski definition) is 0. The van der Waals surface area contributed by atoms with E-state index in [-0.39, 0.29) is 12.1 Å². The number of hydrogen-bond acceptors (Lipinski definition) is 3. The third kappa shape index (κ3) is 6.55. The molecule has 0 aromatic heterocycles. The van der Waals surface area contributed by atoms with Crippen molar-refractivity contribution >= 4 is 44.4 Å². The topological polar surface area (TPSA) is 28.0 Å². The van der Waals surface area contributed by atoms with Crippen molar-refractivity contribution in [1.29, 1.82) is 0 Å². The normalized spacial score (nSPS) is 17.4. The Labute approximate surface area is 340 Å². The summed E-state index contributed by atoms with van der Waals surface area (Å²) in [5.41, 5.74) is 12.8. The molecule has 0 N–H and O–H groups in total. The van der Waals surface area contributed by atoms with Gasteiger partial charge in [0.05, 0.1) is 23.5 Å². The van der Waals surface area contributed by atoms with E-state index in [1.54, 1.807) is 0 Å². The summed E-state index contributed by atoms with van der Waals surface area (Å²) in [4.78, 5) is 13.4. The number of fused-ring (bicyclic) bond motifs is 3. The van der Waals surface area contributed by atoms with Crippen molar-refractivity contribution < 1.29 is 0 Å². The molecular formula is C55H43N3. The lowest BCUT2D eigenvalue weighted by Crippen LogP contribution is -2.38. The molecule has 3 heteroatoms. The number of aliphatic imine (C=N–C) groups is 2. The van der Waals surface area contributed by atoms with Crippen molar-refractivity contribution in [3.8, 4) is 22.3 Å². The van der Waals surface area contributed by atoms with E-state index in [0.29, 0.717) is 0 Å². The largest absolute Gasteiger partial charge is 0.321 e. The highest BCUT2D eigenvalue weighted by Crippen LogP contribution is 2.41. The Hall–Kier alpha value is -7.10. The average Bonchev–Trinajstić information content (AvgIpc) is 3.68. The van der Waals surface area contributed by atoms with Crippen molar-refractivity contribution in [3.63, 3.8) is 0 Å². The van der Waals surface area contributed by atoms with Crippen LogP contribution in [0.5, 0.6) is 0 Å². The van der Waals surface area contributed by atoms with Gasteiger partial charge in [0.25, 0.3) is 0 Å². The summed E-state index contributed by atoms with van der Waals surface area (Å²) in [6, 6.07) is 54.5. The fraction of sp³-hybridized carbons (Fsp3) is 0.0909. The summed E-state index contributed by atoms with van der Waals surface area (Å²) in [7, 11) is 0. The highest BCUT2D eigenvalue weighted by atomic mass is 15.3. The van der Waals surface area contributed by atoms with Crippen LogP contribution in [0.2, 0.25) is 0 Å². The van der Waals surface area contributed by atoms with Crippen LogP contribution in [0, 0.1) is 6.92 Å². The summed E-state index contributed by atoms with van der Waals surface area (Å²) in [5.74, 6) is 1.01. The first-order valence-electron chi connectivity index (χ1n) is 20.2. The maximum Gasteiger partial charge on any atom is 0.136 e.